The Kier molecular flexibility index (Phi) is 5.71. The maximum absolute atomic E-state index is 10.6. The van der Waals surface area contributed by atoms with Gasteiger partial charge in [-0.05, 0) is 5.53 Å². The number of carbonyl (C=O) groups excluding carboxylic acids is 1. The zero-order valence-corrected chi connectivity index (χ0v) is 6.21. The standard InChI is InChI=1S/C4H8N4OS/c5-8-7-3-4(9)6-1-2-10/h10H,1-3H2,(H,6,9). The molecule has 0 bridgehead atoms. The van der Waals surface area contributed by atoms with Gasteiger partial charge in [0.25, 0.3) is 0 Å². The van der Waals surface area contributed by atoms with E-state index < -0.39 is 0 Å². The molecule has 0 unspecified atom stereocenters. The van der Waals surface area contributed by atoms with Crippen molar-refractivity contribution in [3.8, 4) is 0 Å². The number of rotatable bonds is 4. The highest BCUT2D eigenvalue weighted by Gasteiger charge is 1.94. The first-order valence-corrected chi connectivity index (χ1v) is 3.33. The van der Waals surface area contributed by atoms with Crippen LogP contribution in [-0.4, -0.2) is 24.7 Å². The van der Waals surface area contributed by atoms with Gasteiger partial charge in [-0.1, -0.05) is 5.11 Å². The van der Waals surface area contributed by atoms with E-state index in [1.54, 1.807) is 0 Å². The molecule has 0 rings (SSSR count). The minimum Gasteiger partial charge on any atom is -0.355 e. The molecule has 10 heavy (non-hydrogen) atoms. The van der Waals surface area contributed by atoms with Gasteiger partial charge in [-0.15, -0.1) is 0 Å². The average Bonchev–Trinajstić information content (AvgIpc) is 1.97. The van der Waals surface area contributed by atoms with Gasteiger partial charge in [-0.2, -0.15) is 12.6 Å². The van der Waals surface area contributed by atoms with Crippen LogP contribution < -0.4 is 5.32 Å². The molecule has 0 aliphatic carbocycles. The van der Waals surface area contributed by atoms with E-state index in [0.717, 1.165) is 0 Å². The maximum atomic E-state index is 10.6. The molecule has 0 heterocycles. The van der Waals surface area contributed by atoms with E-state index in [2.05, 4.69) is 28.0 Å². The highest BCUT2D eigenvalue weighted by molar-refractivity contribution is 7.80. The quantitative estimate of drug-likeness (QED) is 0.264. The van der Waals surface area contributed by atoms with Crippen molar-refractivity contribution >= 4 is 18.5 Å². The summed E-state index contributed by atoms with van der Waals surface area (Å²) in [5.41, 5.74) is 7.80. The minimum absolute atomic E-state index is 0.135. The molecule has 0 spiro atoms. The summed E-state index contributed by atoms with van der Waals surface area (Å²) in [4.78, 5) is 13.0. The molecule has 0 radical (unpaired) electrons. The summed E-state index contributed by atoms with van der Waals surface area (Å²) < 4.78 is 0. The van der Waals surface area contributed by atoms with Gasteiger partial charge in [0, 0.05) is 17.2 Å². The Balaban J connectivity index is 3.34. The van der Waals surface area contributed by atoms with E-state index in [0.29, 0.717) is 12.3 Å². The Bertz CT molecular complexity index is 153. The fourth-order valence-electron chi connectivity index (χ4n) is 0.347. The van der Waals surface area contributed by atoms with Crippen LogP contribution in [0.4, 0.5) is 0 Å². The summed E-state index contributed by atoms with van der Waals surface area (Å²) in [7, 11) is 0. The average molecular weight is 160 g/mol. The van der Waals surface area contributed by atoms with Gasteiger partial charge in [0.15, 0.2) is 0 Å². The van der Waals surface area contributed by atoms with Crippen LogP contribution in [0.1, 0.15) is 0 Å². The van der Waals surface area contributed by atoms with Crippen LogP contribution in [0.15, 0.2) is 5.11 Å². The third-order valence-electron chi connectivity index (χ3n) is 0.712. The van der Waals surface area contributed by atoms with Gasteiger partial charge in [-0.25, -0.2) is 0 Å². The molecule has 0 aromatic rings. The number of thiol groups is 1. The van der Waals surface area contributed by atoms with E-state index in [1.165, 1.54) is 0 Å². The normalized spacial score (nSPS) is 8.10. The smallest absolute Gasteiger partial charge is 0.225 e. The Morgan fingerprint density at radius 1 is 1.80 bits per heavy atom. The SMILES string of the molecule is [N-]=[N+]=NCC(=O)NCCS. The molecule has 0 atom stereocenters. The third-order valence-corrected chi connectivity index (χ3v) is 0.935. The number of azide groups is 1. The second kappa shape index (κ2) is 6.25. The number of nitrogens with zero attached hydrogens (tertiary/aromatic N) is 3. The van der Waals surface area contributed by atoms with E-state index >= 15 is 0 Å². The molecule has 5 nitrogen and oxygen atoms in total. The summed E-state index contributed by atoms with van der Waals surface area (Å²) in [5, 5.41) is 5.56. The third kappa shape index (κ3) is 5.27. The van der Waals surface area contributed by atoms with Crippen molar-refractivity contribution in [2.75, 3.05) is 18.8 Å². The van der Waals surface area contributed by atoms with Crippen LogP contribution in [0.2, 0.25) is 0 Å². The molecule has 1 N–H and O–H groups in total. The summed E-state index contributed by atoms with van der Waals surface area (Å²) in [5.74, 6) is 0.314. The number of hydrogen-bond acceptors (Lipinski definition) is 3. The Labute approximate surface area is 63.8 Å². The second-order valence-corrected chi connectivity index (χ2v) is 1.91. The lowest BCUT2D eigenvalue weighted by Crippen LogP contribution is -2.27. The molecular formula is C4H8N4OS. The van der Waals surface area contributed by atoms with E-state index in [1.807, 2.05) is 0 Å². The monoisotopic (exact) mass is 160 g/mol. The number of carbonyl (C=O) groups is 1. The predicted molar refractivity (Wildman–Crippen MR) is 40.9 cm³/mol. The van der Waals surface area contributed by atoms with Crippen LogP contribution in [-0.2, 0) is 4.79 Å². The first kappa shape index (κ1) is 9.13. The van der Waals surface area contributed by atoms with Crippen molar-refractivity contribution in [3.63, 3.8) is 0 Å². The maximum Gasteiger partial charge on any atom is 0.225 e. The highest BCUT2D eigenvalue weighted by atomic mass is 32.1. The first-order chi connectivity index (χ1) is 4.81. The molecule has 0 saturated heterocycles. The summed E-state index contributed by atoms with van der Waals surface area (Å²) in [6.07, 6.45) is 0. The molecule has 6 heteroatoms. The molecule has 0 aromatic heterocycles. The van der Waals surface area contributed by atoms with Crippen molar-refractivity contribution in [3.05, 3.63) is 10.4 Å². The van der Waals surface area contributed by atoms with E-state index in [4.69, 9.17) is 5.53 Å². The van der Waals surface area contributed by atoms with E-state index in [9.17, 15) is 4.79 Å². The van der Waals surface area contributed by atoms with Crippen molar-refractivity contribution in [2.45, 2.75) is 0 Å². The van der Waals surface area contributed by atoms with Crippen molar-refractivity contribution in [1.29, 1.82) is 0 Å². The lowest BCUT2D eigenvalue weighted by atomic mass is 10.6. The highest BCUT2D eigenvalue weighted by Crippen LogP contribution is 1.73. The molecule has 0 aliphatic rings. The summed E-state index contributed by atoms with van der Waals surface area (Å²) >= 11 is 3.87. The van der Waals surface area contributed by atoms with Gasteiger partial charge < -0.3 is 5.32 Å². The van der Waals surface area contributed by atoms with Crippen LogP contribution in [0, 0.1) is 0 Å². The molecule has 0 saturated carbocycles. The van der Waals surface area contributed by atoms with Crippen molar-refractivity contribution < 1.29 is 4.79 Å². The fraction of sp³-hybridized carbons (Fsp3) is 0.750. The molecular weight excluding hydrogens is 152 g/mol. The van der Waals surface area contributed by atoms with Crippen LogP contribution >= 0.6 is 12.6 Å². The fourth-order valence-corrected chi connectivity index (χ4v) is 0.459. The molecule has 0 aliphatic heterocycles. The predicted octanol–water partition coefficient (Wildman–Crippen LogP) is 0.343. The number of nitrogens with one attached hydrogen (secondary N) is 1. The number of amides is 1. The molecule has 1 amide bonds. The van der Waals surface area contributed by atoms with Crippen LogP contribution in [0.5, 0.6) is 0 Å². The molecule has 56 valence electrons. The van der Waals surface area contributed by atoms with Gasteiger partial charge in [0.2, 0.25) is 5.91 Å². The van der Waals surface area contributed by atoms with Gasteiger partial charge in [-0.3, -0.25) is 4.79 Å². The lowest BCUT2D eigenvalue weighted by molar-refractivity contribution is -0.119. The van der Waals surface area contributed by atoms with Gasteiger partial charge >= 0.3 is 0 Å². The Hall–Kier alpha value is -0.870. The molecule has 0 aromatic carbocycles. The lowest BCUT2D eigenvalue weighted by Gasteiger charge is -1.96. The summed E-state index contributed by atoms with van der Waals surface area (Å²) in [6.45, 7) is 0.368. The second-order valence-electron chi connectivity index (χ2n) is 1.46. The topological polar surface area (TPSA) is 77.9 Å². The molecule has 0 fully saturated rings. The van der Waals surface area contributed by atoms with Crippen molar-refractivity contribution in [2.24, 2.45) is 5.11 Å². The summed E-state index contributed by atoms with van der Waals surface area (Å²) in [6, 6.07) is 0. The van der Waals surface area contributed by atoms with Gasteiger partial charge in [0.1, 0.15) is 6.54 Å². The first-order valence-electron chi connectivity index (χ1n) is 2.69. The minimum atomic E-state index is -0.271. The van der Waals surface area contributed by atoms with Gasteiger partial charge in [0.05, 0.1) is 0 Å². The van der Waals surface area contributed by atoms with Crippen LogP contribution in [0.3, 0.4) is 0 Å². The number of hydrogen-bond donors (Lipinski definition) is 2. The zero-order chi connectivity index (χ0) is 7.82. The van der Waals surface area contributed by atoms with Crippen molar-refractivity contribution in [1.82, 2.24) is 5.32 Å². The Morgan fingerprint density at radius 3 is 3.00 bits per heavy atom. The zero-order valence-electron chi connectivity index (χ0n) is 5.32. The Morgan fingerprint density at radius 2 is 2.50 bits per heavy atom. The largest absolute Gasteiger partial charge is 0.355 e. The van der Waals surface area contributed by atoms with Crippen LogP contribution in [0.25, 0.3) is 10.4 Å². The van der Waals surface area contributed by atoms with E-state index in [-0.39, 0.29) is 12.5 Å².